The monoisotopic (exact) mass is 249 g/mol. The highest BCUT2D eigenvalue weighted by molar-refractivity contribution is 5.75. The van der Waals surface area contributed by atoms with Gasteiger partial charge in [0.1, 0.15) is 5.75 Å². The molecule has 100 valence electrons. The van der Waals surface area contributed by atoms with E-state index in [0.717, 1.165) is 18.6 Å². The van der Waals surface area contributed by atoms with Gasteiger partial charge >= 0.3 is 0 Å². The van der Waals surface area contributed by atoms with Gasteiger partial charge in [-0.1, -0.05) is 13.0 Å². The molecule has 0 aliphatic heterocycles. The Balaban J connectivity index is 2.64. The molecule has 3 nitrogen and oxygen atoms in total. The first-order valence-electron chi connectivity index (χ1n) is 6.49. The lowest BCUT2D eigenvalue weighted by molar-refractivity contribution is -0.121. The number of methoxy groups -OCH3 is 1. The van der Waals surface area contributed by atoms with E-state index in [9.17, 15) is 4.79 Å². The molecule has 3 heteroatoms. The highest BCUT2D eigenvalue weighted by Gasteiger charge is 2.08. The standard InChI is InChI=1S/C15H23NO2/c1-5-6-15(17)16-8-7-13-12(3)9-11(2)10-14(13)18-4/h9-10H,5-8H2,1-4H3,(H,16,17). The maximum Gasteiger partial charge on any atom is 0.219 e. The molecular weight excluding hydrogens is 226 g/mol. The summed E-state index contributed by atoms with van der Waals surface area (Å²) in [6, 6.07) is 4.18. The molecule has 0 fully saturated rings. The maximum absolute atomic E-state index is 11.4. The summed E-state index contributed by atoms with van der Waals surface area (Å²) in [6.07, 6.45) is 2.30. The number of hydrogen-bond donors (Lipinski definition) is 1. The summed E-state index contributed by atoms with van der Waals surface area (Å²) in [5.74, 6) is 1.04. The van der Waals surface area contributed by atoms with Gasteiger partial charge < -0.3 is 10.1 Å². The molecule has 0 spiro atoms. The van der Waals surface area contributed by atoms with E-state index in [1.807, 2.05) is 13.0 Å². The van der Waals surface area contributed by atoms with E-state index in [2.05, 4.69) is 25.2 Å². The first-order valence-corrected chi connectivity index (χ1v) is 6.49. The second-order valence-electron chi connectivity index (χ2n) is 4.61. The van der Waals surface area contributed by atoms with Gasteiger partial charge in [0.25, 0.3) is 0 Å². The van der Waals surface area contributed by atoms with E-state index in [1.54, 1.807) is 7.11 Å². The number of carbonyl (C=O) groups is 1. The van der Waals surface area contributed by atoms with Crippen LogP contribution in [0.25, 0.3) is 0 Å². The van der Waals surface area contributed by atoms with Crippen molar-refractivity contribution >= 4 is 5.91 Å². The lowest BCUT2D eigenvalue weighted by Gasteiger charge is -2.13. The Labute approximate surface area is 110 Å². The van der Waals surface area contributed by atoms with Crippen LogP contribution in [0.3, 0.4) is 0 Å². The van der Waals surface area contributed by atoms with Crippen molar-refractivity contribution in [1.29, 1.82) is 0 Å². The summed E-state index contributed by atoms with van der Waals surface area (Å²) in [4.78, 5) is 11.4. The molecule has 1 rings (SSSR count). The molecule has 1 N–H and O–H groups in total. The topological polar surface area (TPSA) is 38.3 Å². The number of amides is 1. The van der Waals surface area contributed by atoms with Crippen LogP contribution in [-0.4, -0.2) is 19.6 Å². The predicted octanol–water partition coefficient (Wildman–Crippen LogP) is 2.77. The van der Waals surface area contributed by atoms with Crippen LogP contribution < -0.4 is 10.1 Å². The van der Waals surface area contributed by atoms with Crippen LogP contribution in [-0.2, 0) is 11.2 Å². The molecule has 0 saturated carbocycles. The summed E-state index contributed by atoms with van der Waals surface area (Å²) in [5, 5.41) is 2.93. The number of rotatable bonds is 6. The maximum atomic E-state index is 11.4. The van der Waals surface area contributed by atoms with Crippen molar-refractivity contribution in [3.63, 3.8) is 0 Å². The van der Waals surface area contributed by atoms with Crippen LogP contribution >= 0.6 is 0 Å². The van der Waals surface area contributed by atoms with E-state index < -0.39 is 0 Å². The van der Waals surface area contributed by atoms with Gasteiger partial charge in [-0.05, 0) is 49.4 Å². The van der Waals surface area contributed by atoms with Gasteiger partial charge in [-0.25, -0.2) is 0 Å². The summed E-state index contributed by atoms with van der Waals surface area (Å²) in [5.41, 5.74) is 3.60. The third-order valence-electron chi connectivity index (χ3n) is 2.97. The van der Waals surface area contributed by atoms with Gasteiger partial charge in [0, 0.05) is 13.0 Å². The fourth-order valence-electron chi connectivity index (χ4n) is 2.10. The average Bonchev–Trinajstić information content (AvgIpc) is 2.31. The van der Waals surface area contributed by atoms with Crippen molar-refractivity contribution in [1.82, 2.24) is 5.32 Å². The van der Waals surface area contributed by atoms with Crippen molar-refractivity contribution in [2.24, 2.45) is 0 Å². The van der Waals surface area contributed by atoms with Crippen LogP contribution in [0.2, 0.25) is 0 Å². The molecule has 0 saturated heterocycles. The molecule has 1 aromatic rings. The Morgan fingerprint density at radius 3 is 2.67 bits per heavy atom. The molecule has 0 aliphatic rings. The number of nitrogens with one attached hydrogen (secondary N) is 1. The van der Waals surface area contributed by atoms with Crippen LogP contribution in [0, 0.1) is 13.8 Å². The first-order chi connectivity index (χ1) is 8.58. The van der Waals surface area contributed by atoms with Gasteiger partial charge in [-0.3, -0.25) is 4.79 Å². The summed E-state index contributed by atoms with van der Waals surface area (Å²) >= 11 is 0. The van der Waals surface area contributed by atoms with Crippen molar-refractivity contribution < 1.29 is 9.53 Å². The number of benzene rings is 1. The van der Waals surface area contributed by atoms with Crippen LogP contribution in [0.4, 0.5) is 0 Å². The van der Waals surface area contributed by atoms with E-state index in [1.165, 1.54) is 16.7 Å². The molecule has 1 aromatic carbocycles. The molecular formula is C15H23NO2. The molecule has 0 unspecified atom stereocenters. The minimum absolute atomic E-state index is 0.126. The molecule has 18 heavy (non-hydrogen) atoms. The Kier molecular flexibility index (Phi) is 5.69. The van der Waals surface area contributed by atoms with Gasteiger partial charge in [-0.2, -0.15) is 0 Å². The van der Waals surface area contributed by atoms with E-state index >= 15 is 0 Å². The van der Waals surface area contributed by atoms with Crippen molar-refractivity contribution in [3.8, 4) is 5.75 Å². The molecule has 0 aliphatic carbocycles. The fraction of sp³-hybridized carbons (Fsp3) is 0.533. The Morgan fingerprint density at radius 2 is 2.06 bits per heavy atom. The largest absolute Gasteiger partial charge is 0.496 e. The van der Waals surface area contributed by atoms with Crippen molar-refractivity contribution in [3.05, 3.63) is 28.8 Å². The molecule has 0 heterocycles. The van der Waals surface area contributed by atoms with Crippen LogP contribution in [0.15, 0.2) is 12.1 Å². The lowest BCUT2D eigenvalue weighted by Crippen LogP contribution is -2.25. The Hall–Kier alpha value is -1.51. The SMILES string of the molecule is CCCC(=O)NCCc1c(C)cc(C)cc1OC. The van der Waals surface area contributed by atoms with E-state index in [-0.39, 0.29) is 5.91 Å². The van der Waals surface area contributed by atoms with Crippen molar-refractivity contribution in [2.75, 3.05) is 13.7 Å². The minimum Gasteiger partial charge on any atom is -0.496 e. The summed E-state index contributed by atoms with van der Waals surface area (Å²) < 4.78 is 5.40. The zero-order valence-electron chi connectivity index (χ0n) is 11.8. The third kappa shape index (κ3) is 4.06. The van der Waals surface area contributed by atoms with Gasteiger partial charge in [0.2, 0.25) is 5.91 Å². The highest BCUT2D eigenvalue weighted by atomic mass is 16.5. The van der Waals surface area contributed by atoms with Gasteiger partial charge in [0.15, 0.2) is 0 Å². The van der Waals surface area contributed by atoms with Gasteiger partial charge in [0.05, 0.1) is 7.11 Å². The summed E-state index contributed by atoms with van der Waals surface area (Å²) in [7, 11) is 1.69. The van der Waals surface area contributed by atoms with Crippen LogP contribution in [0.5, 0.6) is 5.75 Å². The Morgan fingerprint density at radius 1 is 1.33 bits per heavy atom. The smallest absolute Gasteiger partial charge is 0.219 e. The van der Waals surface area contributed by atoms with E-state index in [0.29, 0.717) is 13.0 Å². The Bertz CT molecular complexity index is 413. The third-order valence-corrected chi connectivity index (χ3v) is 2.97. The second-order valence-corrected chi connectivity index (χ2v) is 4.61. The number of carbonyl (C=O) groups excluding carboxylic acids is 1. The summed E-state index contributed by atoms with van der Waals surface area (Å²) in [6.45, 7) is 6.81. The quantitative estimate of drug-likeness (QED) is 0.842. The number of aryl methyl sites for hydroxylation is 2. The molecule has 0 radical (unpaired) electrons. The minimum atomic E-state index is 0.126. The molecule has 0 aromatic heterocycles. The van der Waals surface area contributed by atoms with Crippen LogP contribution in [0.1, 0.15) is 36.5 Å². The molecule has 1 amide bonds. The molecule has 0 bridgehead atoms. The predicted molar refractivity (Wildman–Crippen MR) is 74.1 cm³/mol. The second kappa shape index (κ2) is 7.04. The zero-order valence-corrected chi connectivity index (χ0v) is 11.8. The first kappa shape index (κ1) is 14.6. The average molecular weight is 249 g/mol. The number of hydrogen-bond acceptors (Lipinski definition) is 2. The van der Waals surface area contributed by atoms with E-state index in [4.69, 9.17) is 4.74 Å². The highest BCUT2D eigenvalue weighted by Crippen LogP contribution is 2.24. The molecule has 0 atom stereocenters. The fourth-order valence-corrected chi connectivity index (χ4v) is 2.10. The zero-order chi connectivity index (χ0) is 13.5. The number of ether oxygens (including phenoxy) is 1. The normalized spacial score (nSPS) is 10.2. The van der Waals surface area contributed by atoms with Crippen molar-refractivity contribution in [2.45, 2.75) is 40.0 Å². The lowest BCUT2D eigenvalue weighted by atomic mass is 10.0. The van der Waals surface area contributed by atoms with Gasteiger partial charge in [-0.15, -0.1) is 0 Å².